The Labute approximate surface area is 288 Å². The first-order valence-corrected chi connectivity index (χ1v) is 16.5. The number of benzene rings is 5. The fourth-order valence-electron chi connectivity index (χ4n) is 4.74. The number of halogens is 2. The highest BCUT2D eigenvalue weighted by atomic mass is 35.5. The summed E-state index contributed by atoms with van der Waals surface area (Å²) in [5.41, 5.74) is 2.94. The van der Waals surface area contributed by atoms with Crippen molar-refractivity contribution in [1.29, 1.82) is 0 Å². The smallest absolute Gasteiger partial charge is 0.272 e. The molecule has 0 saturated heterocycles. The van der Waals surface area contributed by atoms with Crippen molar-refractivity contribution in [1.82, 2.24) is 5.32 Å². The predicted octanol–water partition coefficient (Wildman–Crippen LogP) is 9.64. The highest BCUT2D eigenvalue weighted by Crippen LogP contribution is 2.33. The van der Waals surface area contributed by atoms with Gasteiger partial charge in [0.1, 0.15) is 5.70 Å². The van der Waals surface area contributed by atoms with Crippen molar-refractivity contribution < 1.29 is 14.4 Å². The van der Waals surface area contributed by atoms with Gasteiger partial charge < -0.3 is 10.6 Å². The molecule has 0 fully saturated rings. The van der Waals surface area contributed by atoms with E-state index in [1.165, 1.54) is 17.8 Å². The number of carbonyl (C=O) groups is 3. The summed E-state index contributed by atoms with van der Waals surface area (Å²) in [4.78, 5) is 43.3. The summed E-state index contributed by atoms with van der Waals surface area (Å²) in [5.74, 6) is -1.06. The average molecular weight is 681 g/mol. The summed E-state index contributed by atoms with van der Waals surface area (Å²) in [7, 11) is 0. The molecule has 0 aromatic heterocycles. The highest BCUT2D eigenvalue weighted by Gasteiger charge is 2.27. The molecule has 0 radical (unpaired) electrons. The van der Waals surface area contributed by atoms with Gasteiger partial charge in [-0.25, -0.2) is 0 Å². The van der Waals surface area contributed by atoms with Crippen LogP contribution in [0.3, 0.4) is 0 Å². The Morgan fingerprint density at radius 1 is 0.766 bits per heavy atom. The van der Waals surface area contributed by atoms with Crippen molar-refractivity contribution >= 4 is 75.8 Å². The van der Waals surface area contributed by atoms with E-state index in [1.54, 1.807) is 65.6 Å². The average Bonchev–Trinajstić information content (AvgIpc) is 3.09. The SMILES string of the molecule is CCC(Sc1cccc(NC(=O)/C(=C\c2ccc(Cl)cc2Cl)NC(=O)c2ccccc2)c1)C(=O)N(c1ccccc1)c1ccccc1. The second-order valence-corrected chi connectivity index (χ2v) is 12.5. The first kappa shape index (κ1) is 33.5. The van der Waals surface area contributed by atoms with Gasteiger partial charge in [-0.15, -0.1) is 11.8 Å². The predicted molar refractivity (Wildman–Crippen MR) is 193 cm³/mol. The number of thioether (sulfide) groups is 1. The van der Waals surface area contributed by atoms with Crippen LogP contribution in [-0.2, 0) is 9.59 Å². The Hall–Kier alpha value is -4.82. The molecule has 0 aliphatic carbocycles. The van der Waals surface area contributed by atoms with Crippen LogP contribution in [0.25, 0.3) is 6.08 Å². The van der Waals surface area contributed by atoms with Gasteiger partial charge in [0.05, 0.1) is 5.25 Å². The molecule has 0 heterocycles. The Kier molecular flexibility index (Phi) is 11.5. The maximum atomic E-state index is 14.0. The third-order valence-corrected chi connectivity index (χ3v) is 8.96. The third kappa shape index (κ3) is 8.92. The van der Waals surface area contributed by atoms with Crippen LogP contribution in [0.1, 0.15) is 29.3 Å². The van der Waals surface area contributed by atoms with Crippen molar-refractivity contribution in [2.24, 2.45) is 0 Å². The van der Waals surface area contributed by atoms with Crippen molar-refractivity contribution in [3.8, 4) is 0 Å². The van der Waals surface area contributed by atoms with Gasteiger partial charge in [0.25, 0.3) is 11.8 Å². The lowest BCUT2D eigenvalue weighted by atomic mass is 10.1. The zero-order chi connectivity index (χ0) is 33.2. The summed E-state index contributed by atoms with van der Waals surface area (Å²) in [6.45, 7) is 1.98. The number of amides is 3. The van der Waals surface area contributed by atoms with Crippen molar-refractivity contribution in [2.45, 2.75) is 23.5 Å². The van der Waals surface area contributed by atoms with Crippen LogP contribution in [0.15, 0.2) is 144 Å². The third-order valence-electron chi connectivity index (χ3n) is 7.06. The Morgan fingerprint density at radius 2 is 1.38 bits per heavy atom. The zero-order valence-corrected chi connectivity index (χ0v) is 27.7. The second kappa shape index (κ2) is 16.1. The largest absolute Gasteiger partial charge is 0.321 e. The van der Waals surface area contributed by atoms with E-state index in [0.29, 0.717) is 33.3 Å². The molecular formula is C38H31Cl2N3O3S. The minimum atomic E-state index is -0.551. The molecule has 2 N–H and O–H groups in total. The molecule has 0 aliphatic rings. The molecule has 1 atom stereocenters. The minimum Gasteiger partial charge on any atom is -0.321 e. The van der Waals surface area contributed by atoms with Crippen LogP contribution in [-0.4, -0.2) is 23.0 Å². The molecule has 0 spiro atoms. The van der Waals surface area contributed by atoms with Crippen molar-refractivity contribution in [3.63, 3.8) is 0 Å². The molecule has 1 unspecified atom stereocenters. The van der Waals surface area contributed by atoms with E-state index in [9.17, 15) is 14.4 Å². The van der Waals surface area contributed by atoms with E-state index in [-0.39, 0.29) is 11.6 Å². The molecule has 5 aromatic carbocycles. The maximum absolute atomic E-state index is 14.0. The molecule has 47 heavy (non-hydrogen) atoms. The zero-order valence-electron chi connectivity index (χ0n) is 25.4. The van der Waals surface area contributed by atoms with Gasteiger partial charge in [-0.1, -0.05) is 96.9 Å². The molecule has 5 rings (SSSR count). The quantitative estimate of drug-likeness (QED) is 0.108. The van der Waals surface area contributed by atoms with E-state index in [4.69, 9.17) is 23.2 Å². The van der Waals surface area contributed by atoms with E-state index in [2.05, 4.69) is 10.6 Å². The highest BCUT2D eigenvalue weighted by molar-refractivity contribution is 8.00. The Morgan fingerprint density at radius 3 is 1.98 bits per heavy atom. The lowest BCUT2D eigenvalue weighted by Gasteiger charge is -2.27. The van der Waals surface area contributed by atoms with Gasteiger partial charge in [-0.3, -0.25) is 19.3 Å². The molecule has 9 heteroatoms. The number of para-hydroxylation sites is 2. The normalized spacial score (nSPS) is 11.8. The molecule has 236 valence electrons. The fourth-order valence-corrected chi connectivity index (χ4v) is 6.25. The molecular weight excluding hydrogens is 649 g/mol. The number of anilines is 3. The summed E-state index contributed by atoms with van der Waals surface area (Å²) in [6, 6.07) is 39.9. The van der Waals surface area contributed by atoms with Crippen LogP contribution < -0.4 is 15.5 Å². The van der Waals surface area contributed by atoms with Crippen LogP contribution in [0.5, 0.6) is 0 Å². The lowest BCUT2D eigenvalue weighted by molar-refractivity contribution is -0.117. The summed E-state index contributed by atoms with van der Waals surface area (Å²) >= 11 is 13.9. The molecule has 0 aliphatic heterocycles. The number of carbonyl (C=O) groups excluding carboxylic acids is 3. The van der Waals surface area contributed by atoms with Gasteiger partial charge in [0, 0.05) is 37.6 Å². The first-order chi connectivity index (χ1) is 22.8. The standard InChI is InChI=1S/C38H31Cl2N3O3S/c1-2-35(38(46)43(30-16-8-4-9-17-30)31-18-10-5-11-19-31)47-32-20-12-15-29(25-32)41-37(45)34(23-27-21-22-28(39)24-33(27)40)42-36(44)26-13-6-3-7-14-26/h3-25,35H,2H2,1H3,(H,41,45)(H,42,44)/b34-23+. The first-order valence-electron chi connectivity index (χ1n) is 14.9. The van der Waals surface area contributed by atoms with E-state index < -0.39 is 17.1 Å². The lowest BCUT2D eigenvalue weighted by Crippen LogP contribution is -2.34. The van der Waals surface area contributed by atoms with Gasteiger partial charge in [0.15, 0.2) is 0 Å². The van der Waals surface area contributed by atoms with Crippen LogP contribution in [0.2, 0.25) is 10.0 Å². The van der Waals surface area contributed by atoms with Crippen LogP contribution >= 0.6 is 35.0 Å². The topological polar surface area (TPSA) is 78.5 Å². The van der Waals surface area contributed by atoms with Gasteiger partial charge in [-0.05, 0) is 84.8 Å². The number of hydrogen-bond acceptors (Lipinski definition) is 4. The molecule has 0 bridgehead atoms. The fraction of sp³-hybridized carbons (Fsp3) is 0.0789. The van der Waals surface area contributed by atoms with Crippen molar-refractivity contribution in [3.05, 3.63) is 160 Å². The monoisotopic (exact) mass is 679 g/mol. The Balaban J connectivity index is 1.38. The molecule has 5 aromatic rings. The van der Waals surface area contributed by atoms with Crippen LogP contribution in [0.4, 0.5) is 17.1 Å². The molecule has 3 amide bonds. The maximum Gasteiger partial charge on any atom is 0.272 e. The summed E-state index contributed by atoms with van der Waals surface area (Å²) in [6.07, 6.45) is 2.08. The van der Waals surface area contributed by atoms with Gasteiger partial charge in [0.2, 0.25) is 5.91 Å². The minimum absolute atomic E-state index is 0.0101. The second-order valence-electron chi connectivity index (χ2n) is 10.4. The Bertz CT molecular complexity index is 1850. The van der Waals surface area contributed by atoms with Crippen LogP contribution in [0, 0.1) is 0 Å². The summed E-state index contributed by atoms with van der Waals surface area (Å²) in [5, 5.41) is 5.97. The number of nitrogens with zero attached hydrogens (tertiary/aromatic N) is 1. The van der Waals surface area contributed by atoms with E-state index in [1.807, 2.05) is 79.7 Å². The van der Waals surface area contributed by atoms with E-state index >= 15 is 0 Å². The molecule has 6 nitrogen and oxygen atoms in total. The summed E-state index contributed by atoms with van der Waals surface area (Å²) < 4.78 is 0. The number of hydrogen-bond donors (Lipinski definition) is 2. The van der Waals surface area contributed by atoms with Gasteiger partial charge in [-0.2, -0.15) is 0 Å². The molecule has 0 saturated carbocycles. The van der Waals surface area contributed by atoms with Crippen molar-refractivity contribution in [2.75, 3.05) is 10.2 Å². The number of rotatable bonds is 11. The number of nitrogens with one attached hydrogen (secondary N) is 2. The van der Waals surface area contributed by atoms with Gasteiger partial charge >= 0.3 is 0 Å². The van der Waals surface area contributed by atoms with E-state index in [0.717, 1.165) is 16.3 Å².